The number of carboxylic acid groups (broad SMARTS) is 1. The van der Waals surface area contributed by atoms with Gasteiger partial charge in [-0.05, 0) is 31.0 Å². The van der Waals surface area contributed by atoms with Crippen LogP contribution >= 0.6 is 0 Å². The first-order valence-electron chi connectivity index (χ1n) is 9.24. The van der Waals surface area contributed by atoms with Gasteiger partial charge in [-0.2, -0.15) is 0 Å². The molecule has 0 aliphatic carbocycles. The van der Waals surface area contributed by atoms with Gasteiger partial charge in [0, 0.05) is 6.42 Å². The van der Waals surface area contributed by atoms with Crippen molar-refractivity contribution in [3.63, 3.8) is 0 Å². The summed E-state index contributed by atoms with van der Waals surface area (Å²) in [5.41, 5.74) is 0.666. The maximum absolute atomic E-state index is 12.6. The summed E-state index contributed by atoms with van der Waals surface area (Å²) in [5, 5.41) is 25.1. The van der Waals surface area contributed by atoms with Crippen LogP contribution in [0.25, 0.3) is 0 Å². The summed E-state index contributed by atoms with van der Waals surface area (Å²) in [5.74, 6) is -2.46. The topological polar surface area (TPSA) is 154 Å². The van der Waals surface area contributed by atoms with Crippen molar-refractivity contribution in [3.05, 3.63) is 29.8 Å². The second-order valence-electron chi connectivity index (χ2n) is 6.40. The molecular weight excluding hydrogens is 382 g/mol. The van der Waals surface area contributed by atoms with Gasteiger partial charge in [-0.25, -0.2) is 4.79 Å². The fourth-order valence-corrected chi connectivity index (χ4v) is 2.27. The van der Waals surface area contributed by atoms with Crippen LogP contribution in [0.15, 0.2) is 24.3 Å². The molecule has 0 aromatic heterocycles. The zero-order valence-electron chi connectivity index (χ0n) is 16.4. The van der Waals surface area contributed by atoms with Crippen molar-refractivity contribution in [3.8, 4) is 5.75 Å². The number of amides is 3. The smallest absolute Gasteiger partial charge is 0.407 e. The molecule has 1 aromatic rings. The molecule has 0 saturated heterocycles. The normalized spacial score (nSPS) is 12.3. The van der Waals surface area contributed by atoms with Gasteiger partial charge in [-0.1, -0.05) is 25.5 Å². The van der Waals surface area contributed by atoms with E-state index in [0.29, 0.717) is 12.0 Å². The molecule has 0 saturated carbocycles. The van der Waals surface area contributed by atoms with E-state index in [9.17, 15) is 24.3 Å². The lowest BCUT2D eigenvalue weighted by molar-refractivity contribution is -0.138. The minimum absolute atomic E-state index is 0.0606. The van der Waals surface area contributed by atoms with Gasteiger partial charge in [0.15, 0.2) is 0 Å². The highest BCUT2D eigenvalue weighted by Gasteiger charge is 2.25. The van der Waals surface area contributed by atoms with Crippen molar-refractivity contribution >= 4 is 23.9 Å². The highest BCUT2D eigenvalue weighted by atomic mass is 16.5. The molecule has 0 bridgehead atoms. The van der Waals surface area contributed by atoms with E-state index in [2.05, 4.69) is 16.0 Å². The molecule has 0 aliphatic heterocycles. The molecule has 2 atom stereocenters. The number of unbranched alkanes of at least 4 members (excludes halogenated alkanes) is 1. The Morgan fingerprint density at radius 2 is 1.72 bits per heavy atom. The SMILES string of the molecule is CCCCOC(=O)NC(Cc1ccc(O)cc1)C(=O)N[C@H](C)C(=O)NCC(=O)O. The van der Waals surface area contributed by atoms with E-state index in [1.165, 1.54) is 19.1 Å². The number of carbonyl (C=O) groups is 4. The molecule has 0 radical (unpaired) electrons. The second kappa shape index (κ2) is 12.2. The number of alkyl carbamates (subject to hydrolysis) is 1. The first kappa shape index (κ1) is 23.7. The third kappa shape index (κ3) is 9.45. The molecule has 10 nitrogen and oxygen atoms in total. The average molecular weight is 409 g/mol. The summed E-state index contributed by atoms with van der Waals surface area (Å²) >= 11 is 0. The average Bonchev–Trinajstić information content (AvgIpc) is 2.67. The van der Waals surface area contributed by atoms with Crippen molar-refractivity contribution < 1.29 is 34.1 Å². The number of hydrogen-bond donors (Lipinski definition) is 5. The van der Waals surface area contributed by atoms with Gasteiger partial charge in [0.2, 0.25) is 11.8 Å². The van der Waals surface area contributed by atoms with E-state index in [4.69, 9.17) is 9.84 Å². The fourth-order valence-electron chi connectivity index (χ4n) is 2.27. The van der Waals surface area contributed by atoms with Crippen molar-refractivity contribution in [1.82, 2.24) is 16.0 Å². The molecular formula is C19H27N3O7. The lowest BCUT2D eigenvalue weighted by Gasteiger charge is -2.21. The Balaban J connectivity index is 2.77. The molecule has 5 N–H and O–H groups in total. The summed E-state index contributed by atoms with van der Waals surface area (Å²) in [6.07, 6.45) is 0.857. The first-order valence-corrected chi connectivity index (χ1v) is 9.24. The fraction of sp³-hybridized carbons (Fsp3) is 0.474. The van der Waals surface area contributed by atoms with Crippen LogP contribution in [0.4, 0.5) is 4.79 Å². The third-order valence-corrected chi connectivity index (χ3v) is 3.88. The summed E-state index contributed by atoms with van der Waals surface area (Å²) in [7, 11) is 0. The van der Waals surface area contributed by atoms with Crippen LogP contribution in [-0.2, 0) is 25.5 Å². The summed E-state index contributed by atoms with van der Waals surface area (Å²) in [4.78, 5) is 47.0. The maximum atomic E-state index is 12.6. The number of phenols is 1. The van der Waals surface area contributed by atoms with Crippen molar-refractivity contribution in [2.75, 3.05) is 13.2 Å². The number of benzene rings is 1. The molecule has 0 heterocycles. The van der Waals surface area contributed by atoms with Gasteiger partial charge in [0.1, 0.15) is 24.4 Å². The van der Waals surface area contributed by atoms with E-state index in [0.717, 1.165) is 6.42 Å². The van der Waals surface area contributed by atoms with Crippen LogP contribution in [0.5, 0.6) is 5.75 Å². The molecule has 29 heavy (non-hydrogen) atoms. The van der Waals surface area contributed by atoms with Crippen LogP contribution in [0.3, 0.4) is 0 Å². The number of hydrogen-bond acceptors (Lipinski definition) is 6. The molecule has 1 unspecified atom stereocenters. The Labute approximate surface area is 168 Å². The van der Waals surface area contributed by atoms with Gasteiger partial charge in [-0.15, -0.1) is 0 Å². The quantitative estimate of drug-likeness (QED) is 0.334. The molecule has 0 fully saturated rings. The number of carbonyl (C=O) groups excluding carboxylic acids is 3. The van der Waals surface area contributed by atoms with E-state index < -0.39 is 42.5 Å². The van der Waals surface area contributed by atoms with Crippen LogP contribution < -0.4 is 16.0 Å². The number of aromatic hydroxyl groups is 1. The lowest BCUT2D eigenvalue weighted by atomic mass is 10.0. The maximum Gasteiger partial charge on any atom is 0.407 e. The van der Waals surface area contributed by atoms with Crippen LogP contribution in [0, 0.1) is 0 Å². The summed E-state index contributed by atoms with van der Waals surface area (Å²) in [6, 6.07) is 4.05. The monoisotopic (exact) mass is 409 g/mol. The molecule has 160 valence electrons. The zero-order chi connectivity index (χ0) is 21.8. The van der Waals surface area contributed by atoms with Gasteiger partial charge in [-0.3, -0.25) is 14.4 Å². The number of carboxylic acids is 1. The number of aliphatic carboxylic acids is 1. The standard InChI is InChI=1S/C19H27N3O7/c1-3-4-9-29-19(28)22-15(10-13-5-7-14(23)8-6-13)18(27)21-12(2)17(26)20-11-16(24)25/h5-8,12,15,23H,3-4,9-11H2,1-2H3,(H,20,26)(H,21,27)(H,22,28)(H,24,25)/t12-,15?/m1/s1. The van der Waals surface area contributed by atoms with Crippen molar-refractivity contribution in [2.24, 2.45) is 0 Å². The third-order valence-electron chi connectivity index (χ3n) is 3.88. The Bertz CT molecular complexity index is 706. The minimum Gasteiger partial charge on any atom is -0.508 e. The lowest BCUT2D eigenvalue weighted by Crippen LogP contribution is -2.53. The zero-order valence-corrected chi connectivity index (χ0v) is 16.4. The summed E-state index contributed by atoms with van der Waals surface area (Å²) < 4.78 is 5.02. The van der Waals surface area contributed by atoms with E-state index in [-0.39, 0.29) is 18.8 Å². The van der Waals surface area contributed by atoms with Gasteiger partial charge in [0.25, 0.3) is 0 Å². The van der Waals surface area contributed by atoms with Crippen LogP contribution in [0.2, 0.25) is 0 Å². The van der Waals surface area contributed by atoms with Gasteiger partial charge < -0.3 is 30.9 Å². The predicted molar refractivity (Wildman–Crippen MR) is 103 cm³/mol. The molecule has 1 rings (SSSR count). The van der Waals surface area contributed by atoms with E-state index in [1.807, 2.05) is 6.92 Å². The number of rotatable bonds is 11. The second-order valence-corrected chi connectivity index (χ2v) is 6.40. The Kier molecular flexibility index (Phi) is 10.00. The molecule has 1 aromatic carbocycles. The van der Waals surface area contributed by atoms with Gasteiger partial charge >= 0.3 is 12.1 Å². The first-order chi connectivity index (χ1) is 13.7. The number of nitrogens with one attached hydrogen (secondary N) is 3. The highest BCUT2D eigenvalue weighted by molar-refractivity contribution is 5.92. The highest BCUT2D eigenvalue weighted by Crippen LogP contribution is 2.11. The predicted octanol–water partition coefficient (Wildman–Crippen LogP) is 0.535. The molecule has 10 heteroatoms. The molecule has 0 aliphatic rings. The van der Waals surface area contributed by atoms with E-state index >= 15 is 0 Å². The number of phenolic OH excluding ortho intramolecular Hbond substituents is 1. The van der Waals surface area contributed by atoms with Crippen LogP contribution in [-0.4, -0.2) is 59.3 Å². The number of ether oxygens (including phenoxy) is 1. The minimum atomic E-state index is -1.21. The van der Waals surface area contributed by atoms with E-state index in [1.54, 1.807) is 12.1 Å². The van der Waals surface area contributed by atoms with Crippen molar-refractivity contribution in [2.45, 2.75) is 45.2 Å². The van der Waals surface area contributed by atoms with Gasteiger partial charge in [0.05, 0.1) is 6.61 Å². The largest absolute Gasteiger partial charge is 0.508 e. The Hall–Kier alpha value is -3.30. The molecule has 0 spiro atoms. The van der Waals surface area contributed by atoms with Crippen molar-refractivity contribution in [1.29, 1.82) is 0 Å². The Morgan fingerprint density at radius 1 is 1.07 bits per heavy atom. The summed E-state index contributed by atoms with van der Waals surface area (Å²) in [6.45, 7) is 2.98. The molecule has 3 amide bonds. The Morgan fingerprint density at radius 3 is 2.31 bits per heavy atom. The van der Waals surface area contributed by atoms with Crippen LogP contribution in [0.1, 0.15) is 32.3 Å².